The molecule has 8 heteroatoms. The molecule has 0 spiro atoms. The van der Waals surface area contributed by atoms with Crippen LogP contribution in [0.3, 0.4) is 0 Å². The number of hydrogen-bond donors (Lipinski definition) is 1. The lowest BCUT2D eigenvalue weighted by Gasteiger charge is -2.22. The highest BCUT2D eigenvalue weighted by atomic mass is 127. The van der Waals surface area contributed by atoms with Crippen molar-refractivity contribution in [2.24, 2.45) is 4.99 Å². The van der Waals surface area contributed by atoms with Crippen molar-refractivity contribution in [2.45, 2.75) is 13.1 Å². The summed E-state index contributed by atoms with van der Waals surface area (Å²) < 4.78 is 20.7. The van der Waals surface area contributed by atoms with E-state index >= 15 is 0 Å². The van der Waals surface area contributed by atoms with Gasteiger partial charge in [0.15, 0.2) is 5.96 Å². The third kappa shape index (κ3) is 7.01. The van der Waals surface area contributed by atoms with Crippen LogP contribution in [-0.2, 0) is 13.1 Å². The summed E-state index contributed by atoms with van der Waals surface area (Å²) in [6.07, 6.45) is 3.79. The number of benzene rings is 2. The Hall–Kier alpha value is -2.62. The van der Waals surface area contributed by atoms with E-state index in [1.54, 1.807) is 19.2 Å². The minimum absolute atomic E-state index is 0. The Morgan fingerprint density at radius 2 is 1.90 bits per heavy atom. The first kappa shape index (κ1) is 23.7. The molecule has 3 rings (SSSR count). The van der Waals surface area contributed by atoms with Gasteiger partial charge in [-0.15, -0.1) is 24.0 Å². The van der Waals surface area contributed by atoms with Crippen LogP contribution in [-0.4, -0.2) is 47.7 Å². The van der Waals surface area contributed by atoms with Gasteiger partial charge in [0.05, 0.1) is 13.1 Å². The number of nitrogens with one attached hydrogen (secondary N) is 1. The standard InChI is InChI=1S/C22H26FN5O.HI/c1-24-22(27(2)14-15-29-20-10-8-19(23)9-11-20)26-16-21-25-12-13-28(21)17-18-6-4-3-5-7-18;/h3-13H,14-17H2,1-2H3,(H,24,26);1H. The topological polar surface area (TPSA) is 54.7 Å². The maximum absolute atomic E-state index is 12.9. The van der Waals surface area contributed by atoms with Gasteiger partial charge in [0.1, 0.15) is 24.0 Å². The van der Waals surface area contributed by atoms with Crippen molar-refractivity contribution in [3.8, 4) is 5.75 Å². The van der Waals surface area contributed by atoms with Crippen LogP contribution in [0.1, 0.15) is 11.4 Å². The molecule has 0 aliphatic carbocycles. The fourth-order valence-electron chi connectivity index (χ4n) is 2.91. The van der Waals surface area contributed by atoms with Crippen molar-refractivity contribution in [2.75, 3.05) is 27.2 Å². The average Bonchev–Trinajstić information content (AvgIpc) is 3.17. The van der Waals surface area contributed by atoms with Gasteiger partial charge in [-0.2, -0.15) is 0 Å². The molecule has 2 aromatic carbocycles. The number of ether oxygens (including phenoxy) is 1. The van der Waals surface area contributed by atoms with E-state index in [-0.39, 0.29) is 29.8 Å². The van der Waals surface area contributed by atoms with Gasteiger partial charge < -0.3 is 19.5 Å². The molecule has 0 aliphatic rings. The van der Waals surface area contributed by atoms with E-state index in [9.17, 15) is 4.39 Å². The molecule has 30 heavy (non-hydrogen) atoms. The molecule has 0 atom stereocenters. The summed E-state index contributed by atoms with van der Waals surface area (Å²) in [5.74, 6) is 2.06. The second-order valence-electron chi connectivity index (χ2n) is 6.58. The van der Waals surface area contributed by atoms with Crippen LogP contribution in [0.5, 0.6) is 5.75 Å². The maximum atomic E-state index is 12.9. The summed E-state index contributed by atoms with van der Waals surface area (Å²) in [5, 5.41) is 3.34. The van der Waals surface area contributed by atoms with Crippen molar-refractivity contribution in [1.29, 1.82) is 0 Å². The van der Waals surface area contributed by atoms with E-state index < -0.39 is 0 Å². The number of halogens is 2. The molecule has 0 saturated heterocycles. The fourth-order valence-corrected chi connectivity index (χ4v) is 2.91. The van der Waals surface area contributed by atoms with Crippen LogP contribution < -0.4 is 10.1 Å². The molecule has 0 saturated carbocycles. The van der Waals surface area contributed by atoms with E-state index in [0.717, 1.165) is 18.3 Å². The lowest BCUT2D eigenvalue weighted by atomic mass is 10.2. The smallest absolute Gasteiger partial charge is 0.193 e. The first-order valence-electron chi connectivity index (χ1n) is 9.50. The molecule has 0 radical (unpaired) electrons. The summed E-state index contributed by atoms with van der Waals surface area (Å²) in [6, 6.07) is 16.3. The Morgan fingerprint density at radius 1 is 1.17 bits per heavy atom. The predicted molar refractivity (Wildman–Crippen MR) is 128 cm³/mol. The summed E-state index contributed by atoms with van der Waals surface area (Å²) in [4.78, 5) is 10.8. The zero-order valence-corrected chi connectivity index (χ0v) is 19.5. The molecule has 0 unspecified atom stereocenters. The van der Waals surface area contributed by atoms with Crippen LogP contribution in [0.2, 0.25) is 0 Å². The van der Waals surface area contributed by atoms with Gasteiger partial charge >= 0.3 is 0 Å². The number of hydrogen-bond acceptors (Lipinski definition) is 3. The number of aliphatic imine (C=N–C) groups is 1. The summed E-state index contributed by atoms with van der Waals surface area (Å²) in [6.45, 7) is 2.44. The van der Waals surface area contributed by atoms with Crippen molar-refractivity contribution in [1.82, 2.24) is 19.8 Å². The largest absolute Gasteiger partial charge is 0.492 e. The Morgan fingerprint density at radius 3 is 2.60 bits per heavy atom. The number of likely N-dealkylation sites (N-methyl/N-ethyl adjacent to an activating group) is 1. The van der Waals surface area contributed by atoms with E-state index in [2.05, 4.69) is 32.0 Å². The minimum Gasteiger partial charge on any atom is -0.492 e. The molecule has 160 valence electrons. The number of aromatic nitrogens is 2. The molecule has 1 N–H and O–H groups in total. The number of rotatable bonds is 8. The highest BCUT2D eigenvalue weighted by Crippen LogP contribution is 2.11. The normalized spacial score (nSPS) is 11.0. The van der Waals surface area contributed by atoms with Crippen LogP contribution in [0.25, 0.3) is 0 Å². The van der Waals surface area contributed by atoms with Gasteiger partial charge in [-0.05, 0) is 29.8 Å². The van der Waals surface area contributed by atoms with Gasteiger partial charge in [-0.25, -0.2) is 9.37 Å². The summed E-state index contributed by atoms with van der Waals surface area (Å²) >= 11 is 0. The first-order valence-corrected chi connectivity index (χ1v) is 9.50. The Balaban J connectivity index is 0.00000320. The quantitative estimate of drug-likeness (QED) is 0.278. The Kier molecular flexibility index (Phi) is 9.59. The SMILES string of the molecule is CN=C(NCc1nccn1Cc1ccccc1)N(C)CCOc1ccc(F)cc1.I. The zero-order valence-electron chi connectivity index (χ0n) is 17.2. The fraction of sp³-hybridized carbons (Fsp3) is 0.273. The summed E-state index contributed by atoms with van der Waals surface area (Å²) in [7, 11) is 3.69. The number of guanidine groups is 1. The van der Waals surface area contributed by atoms with Crippen LogP contribution in [0, 0.1) is 5.82 Å². The molecular formula is C22H27FIN5O. The zero-order chi connectivity index (χ0) is 20.5. The molecular weight excluding hydrogens is 496 g/mol. The van der Waals surface area contributed by atoms with E-state index in [0.29, 0.717) is 25.4 Å². The van der Waals surface area contributed by atoms with Crippen LogP contribution >= 0.6 is 24.0 Å². The second kappa shape index (κ2) is 12.2. The molecule has 1 aromatic heterocycles. The molecule has 6 nitrogen and oxygen atoms in total. The Bertz CT molecular complexity index is 915. The van der Waals surface area contributed by atoms with Crippen molar-refractivity contribution in [3.05, 3.63) is 84.2 Å². The van der Waals surface area contributed by atoms with E-state index in [4.69, 9.17) is 4.74 Å². The second-order valence-corrected chi connectivity index (χ2v) is 6.58. The molecule has 0 bridgehead atoms. The van der Waals surface area contributed by atoms with Crippen molar-refractivity contribution in [3.63, 3.8) is 0 Å². The predicted octanol–water partition coefficient (Wildman–Crippen LogP) is 3.77. The van der Waals surface area contributed by atoms with Gasteiger partial charge in [0.2, 0.25) is 0 Å². The molecule has 0 amide bonds. The number of imidazole rings is 1. The van der Waals surface area contributed by atoms with Gasteiger partial charge in [0, 0.05) is 33.0 Å². The summed E-state index contributed by atoms with van der Waals surface area (Å²) in [5.41, 5.74) is 1.23. The molecule has 1 heterocycles. The highest BCUT2D eigenvalue weighted by molar-refractivity contribution is 14.0. The molecule has 3 aromatic rings. The monoisotopic (exact) mass is 523 g/mol. The first-order chi connectivity index (χ1) is 14.2. The third-order valence-electron chi connectivity index (χ3n) is 4.48. The van der Waals surface area contributed by atoms with Gasteiger partial charge in [0.25, 0.3) is 0 Å². The minimum atomic E-state index is -0.273. The number of nitrogens with zero attached hydrogens (tertiary/aromatic N) is 4. The maximum Gasteiger partial charge on any atom is 0.193 e. The Labute approximate surface area is 193 Å². The third-order valence-corrected chi connectivity index (χ3v) is 4.48. The van der Waals surface area contributed by atoms with E-state index in [1.807, 2.05) is 42.5 Å². The van der Waals surface area contributed by atoms with Crippen LogP contribution in [0.15, 0.2) is 72.0 Å². The molecule has 0 aliphatic heterocycles. The van der Waals surface area contributed by atoms with Crippen LogP contribution in [0.4, 0.5) is 4.39 Å². The van der Waals surface area contributed by atoms with Gasteiger partial charge in [-0.1, -0.05) is 30.3 Å². The van der Waals surface area contributed by atoms with Crippen molar-refractivity contribution >= 4 is 29.9 Å². The lowest BCUT2D eigenvalue weighted by Crippen LogP contribution is -2.40. The van der Waals surface area contributed by atoms with Crippen molar-refractivity contribution < 1.29 is 9.13 Å². The van der Waals surface area contributed by atoms with Gasteiger partial charge in [-0.3, -0.25) is 4.99 Å². The molecule has 0 fully saturated rings. The lowest BCUT2D eigenvalue weighted by molar-refractivity contribution is 0.281. The van der Waals surface area contributed by atoms with E-state index in [1.165, 1.54) is 17.7 Å². The average molecular weight is 523 g/mol. The highest BCUT2D eigenvalue weighted by Gasteiger charge is 2.09.